The third kappa shape index (κ3) is 3.40. The number of rotatable bonds is 3. The number of hydrogen-bond acceptors (Lipinski definition) is 4. The van der Waals surface area contributed by atoms with Crippen LogP contribution in [0.5, 0.6) is 0 Å². The Morgan fingerprint density at radius 3 is 2.74 bits per heavy atom. The van der Waals surface area contributed by atoms with Crippen molar-refractivity contribution in [1.29, 1.82) is 0 Å². The fourth-order valence-electron chi connectivity index (χ4n) is 2.85. The predicted molar refractivity (Wildman–Crippen MR) is 87.2 cm³/mol. The van der Waals surface area contributed by atoms with Gasteiger partial charge < -0.3 is 9.47 Å². The number of halogens is 1. The summed E-state index contributed by atoms with van der Waals surface area (Å²) in [6, 6.07) is 1.76. The van der Waals surface area contributed by atoms with E-state index in [0.717, 1.165) is 38.4 Å². The quantitative estimate of drug-likeness (QED) is 0.844. The van der Waals surface area contributed by atoms with Crippen molar-refractivity contribution >= 4 is 17.5 Å². The Morgan fingerprint density at radius 2 is 2.09 bits per heavy atom. The summed E-state index contributed by atoms with van der Waals surface area (Å²) in [7, 11) is 3.71. The zero-order valence-corrected chi connectivity index (χ0v) is 14.2. The van der Waals surface area contributed by atoms with Crippen molar-refractivity contribution in [3.63, 3.8) is 0 Å². The Morgan fingerprint density at radius 1 is 1.26 bits per heavy atom. The molecule has 1 amide bonds. The van der Waals surface area contributed by atoms with Crippen LogP contribution in [0, 0.1) is 0 Å². The molecule has 8 heteroatoms. The van der Waals surface area contributed by atoms with E-state index < -0.39 is 0 Å². The van der Waals surface area contributed by atoms with Crippen LogP contribution >= 0.6 is 11.6 Å². The molecule has 1 aliphatic heterocycles. The monoisotopic (exact) mass is 336 g/mol. The third-order valence-electron chi connectivity index (χ3n) is 4.31. The molecule has 0 unspecified atom stereocenters. The van der Waals surface area contributed by atoms with Gasteiger partial charge in [-0.2, -0.15) is 5.10 Å². The zero-order valence-electron chi connectivity index (χ0n) is 13.4. The first-order valence-electron chi connectivity index (χ1n) is 7.72. The van der Waals surface area contributed by atoms with Crippen molar-refractivity contribution < 1.29 is 4.79 Å². The second-order valence-corrected chi connectivity index (χ2v) is 6.21. The number of nitrogens with zero attached hydrogens (tertiary/aromatic N) is 6. The minimum atomic E-state index is 0.0480. The van der Waals surface area contributed by atoms with Gasteiger partial charge in [0.1, 0.15) is 16.7 Å². The van der Waals surface area contributed by atoms with E-state index in [4.69, 9.17) is 11.6 Å². The summed E-state index contributed by atoms with van der Waals surface area (Å²) in [5.41, 5.74) is 0.634. The number of hydrogen-bond donors (Lipinski definition) is 0. The molecule has 1 fully saturated rings. The Balaban J connectivity index is 1.62. The van der Waals surface area contributed by atoms with Crippen LogP contribution in [0.4, 0.5) is 0 Å². The molecule has 0 aromatic carbocycles. The molecule has 2 aromatic rings. The second-order valence-electron chi connectivity index (χ2n) is 5.82. The van der Waals surface area contributed by atoms with Crippen LogP contribution in [0.15, 0.2) is 18.5 Å². The Kier molecular flexibility index (Phi) is 4.68. The van der Waals surface area contributed by atoms with Gasteiger partial charge in [-0.15, -0.1) is 0 Å². The number of amides is 1. The lowest BCUT2D eigenvalue weighted by atomic mass is 10.3. The lowest BCUT2D eigenvalue weighted by Gasteiger charge is -2.21. The average Bonchev–Trinajstić information content (AvgIpc) is 3.00. The maximum Gasteiger partial charge on any atom is 0.272 e. The van der Waals surface area contributed by atoms with Crippen LogP contribution in [-0.2, 0) is 20.6 Å². The molecule has 1 aliphatic rings. The molecule has 3 heterocycles. The molecule has 7 nitrogen and oxygen atoms in total. The first-order chi connectivity index (χ1) is 11.1. The highest BCUT2D eigenvalue weighted by Crippen LogP contribution is 2.14. The van der Waals surface area contributed by atoms with E-state index in [-0.39, 0.29) is 5.91 Å². The molecule has 0 N–H and O–H groups in total. The Labute approximate surface area is 140 Å². The Hall–Kier alpha value is -1.86. The molecule has 0 radical (unpaired) electrons. The molecule has 1 saturated heterocycles. The van der Waals surface area contributed by atoms with Gasteiger partial charge >= 0.3 is 0 Å². The SMILES string of the molecule is Cn1nccc1C(=O)N1CCCN(Cc2ncc(Cl)n2C)CC1. The molecule has 124 valence electrons. The fourth-order valence-corrected chi connectivity index (χ4v) is 3.00. The highest BCUT2D eigenvalue weighted by atomic mass is 35.5. The van der Waals surface area contributed by atoms with Crippen molar-refractivity contribution in [1.82, 2.24) is 29.1 Å². The van der Waals surface area contributed by atoms with Crippen LogP contribution in [0.2, 0.25) is 5.15 Å². The van der Waals surface area contributed by atoms with Crippen LogP contribution in [-0.4, -0.2) is 61.2 Å². The van der Waals surface area contributed by atoms with Gasteiger partial charge in [-0.3, -0.25) is 14.4 Å². The van der Waals surface area contributed by atoms with Crippen LogP contribution in [0.25, 0.3) is 0 Å². The summed E-state index contributed by atoms with van der Waals surface area (Å²) >= 11 is 6.04. The van der Waals surface area contributed by atoms with E-state index in [1.807, 2.05) is 16.5 Å². The lowest BCUT2D eigenvalue weighted by Crippen LogP contribution is -2.36. The van der Waals surface area contributed by atoms with Gasteiger partial charge in [0.2, 0.25) is 0 Å². The van der Waals surface area contributed by atoms with Crippen molar-refractivity contribution in [3.8, 4) is 0 Å². The van der Waals surface area contributed by atoms with Crippen molar-refractivity contribution in [2.45, 2.75) is 13.0 Å². The van der Waals surface area contributed by atoms with E-state index in [0.29, 0.717) is 17.4 Å². The van der Waals surface area contributed by atoms with Crippen LogP contribution < -0.4 is 0 Å². The van der Waals surface area contributed by atoms with Crippen LogP contribution in [0.1, 0.15) is 22.7 Å². The second kappa shape index (κ2) is 6.72. The normalized spacial score (nSPS) is 16.6. The minimum Gasteiger partial charge on any atom is -0.336 e. The molecule has 0 bridgehead atoms. The zero-order chi connectivity index (χ0) is 16.4. The van der Waals surface area contributed by atoms with Crippen molar-refractivity contribution in [3.05, 3.63) is 35.1 Å². The molecule has 3 rings (SSSR count). The minimum absolute atomic E-state index is 0.0480. The van der Waals surface area contributed by atoms with Gasteiger partial charge in [0.05, 0.1) is 12.7 Å². The van der Waals surface area contributed by atoms with E-state index in [9.17, 15) is 4.79 Å². The topological polar surface area (TPSA) is 59.2 Å². The maximum absolute atomic E-state index is 12.6. The molecule has 23 heavy (non-hydrogen) atoms. The lowest BCUT2D eigenvalue weighted by molar-refractivity contribution is 0.0750. The van der Waals surface area contributed by atoms with Gasteiger partial charge in [-0.1, -0.05) is 11.6 Å². The first kappa shape index (κ1) is 16.0. The van der Waals surface area contributed by atoms with Crippen molar-refractivity contribution in [2.24, 2.45) is 14.1 Å². The molecule has 2 aromatic heterocycles. The third-order valence-corrected chi connectivity index (χ3v) is 4.66. The molecule has 0 saturated carbocycles. The number of carbonyl (C=O) groups excluding carboxylic acids is 1. The van der Waals surface area contributed by atoms with E-state index in [1.165, 1.54) is 0 Å². The van der Waals surface area contributed by atoms with E-state index in [2.05, 4.69) is 15.0 Å². The number of carbonyl (C=O) groups is 1. The van der Waals surface area contributed by atoms with Crippen LogP contribution in [0.3, 0.4) is 0 Å². The molecule has 0 aliphatic carbocycles. The van der Waals surface area contributed by atoms with E-state index >= 15 is 0 Å². The standard InChI is InChI=1S/C15H21ClN6O/c1-19-13(16)10-17-14(19)11-21-6-3-7-22(9-8-21)15(23)12-4-5-18-20(12)2/h4-5,10H,3,6-9,11H2,1-2H3. The largest absolute Gasteiger partial charge is 0.336 e. The summed E-state index contributed by atoms with van der Waals surface area (Å²) < 4.78 is 3.52. The van der Waals surface area contributed by atoms with Gasteiger partial charge in [-0.25, -0.2) is 4.98 Å². The number of aromatic nitrogens is 4. The summed E-state index contributed by atoms with van der Waals surface area (Å²) in [5, 5.41) is 4.72. The van der Waals surface area contributed by atoms with E-state index in [1.54, 1.807) is 30.2 Å². The molecular weight excluding hydrogens is 316 g/mol. The van der Waals surface area contributed by atoms with Gasteiger partial charge in [-0.05, 0) is 12.5 Å². The smallest absolute Gasteiger partial charge is 0.272 e. The average molecular weight is 337 g/mol. The highest BCUT2D eigenvalue weighted by molar-refractivity contribution is 6.29. The van der Waals surface area contributed by atoms with Gasteiger partial charge in [0.25, 0.3) is 5.91 Å². The molecule has 0 atom stereocenters. The molecule has 0 spiro atoms. The summed E-state index contributed by atoms with van der Waals surface area (Å²) in [4.78, 5) is 21.1. The number of aryl methyl sites for hydroxylation is 1. The summed E-state index contributed by atoms with van der Waals surface area (Å²) in [5.74, 6) is 0.994. The summed E-state index contributed by atoms with van der Waals surface area (Å²) in [6.07, 6.45) is 4.27. The first-order valence-corrected chi connectivity index (χ1v) is 8.10. The summed E-state index contributed by atoms with van der Waals surface area (Å²) in [6.45, 7) is 3.99. The predicted octanol–water partition coefficient (Wildman–Crippen LogP) is 1.16. The van der Waals surface area contributed by atoms with Crippen molar-refractivity contribution in [2.75, 3.05) is 26.2 Å². The molecular formula is C15H21ClN6O. The number of imidazole rings is 1. The van der Waals surface area contributed by atoms with Gasteiger partial charge in [0.15, 0.2) is 0 Å². The Bertz CT molecular complexity index is 694. The highest BCUT2D eigenvalue weighted by Gasteiger charge is 2.22. The van der Waals surface area contributed by atoms with Gasteiger partial charge in [0, 0.05) is 46.5 Å². The fraction of sp³-hybridized carbons (Fsp3) is 0.533. The maximum atomic E-state index is 12.6.